The Bertz CT molecular complexity index is 1300. The van der Waals surface area contributed by atoms with Crippen molar-refractivity contribution in [2.45, 2.75) is 50.4 Å². The minimum absolute atomic E-state index is 0.0258. The first kappa shape index (κ1) is 28.1. The number of carbonyl (C=O) groups excluding carboxylic acids is 3. The number of nitrogens with zero attached hydrogens (tertiary/aromatic N) is 3. The maximum Gasteiger partial charge on any atom is 0.273 e. The van der Waals surface area contributed by atoms with Crippen LogP contribution in [0.15, 0.2) is 84.1 Å². The van der Waals surface area contributed by atoms with E-state index in [0.717, 1.165) is 16.7 Å². The third-order valence-corrected chi connectivity index (χ3v) is 7.96. The van der Waals surface area contributed by atoms with Gasteiger partial charge in [-0.25, -0.2) is 0 Å². The fourth-order valence-electron chi connectivity index (χ4n) is 4.47. The van der Waals surface area contributed by atoms with Gasteiger partial charge in [-0.1, -0.05) is 65.8 Å². The molecule has 1 aliphatic rings. The normalized spacial score (nSPS) is 19.2. The summed E-state index contributed by atoms with van der Waals surface area (Å²) >= 11 is 1.42. The van der Waals surface area contributed by atoms with Gasteiger partial charge >= 0.3 is 0 Å². The van der Waals surface area contributed by atoms with Gasteiger partial charge in [0.15, 0.2) is 11.8 Å². The Kier molecular flexibility index (Phi) is 9.21. The molecule has 0 aliphatic carbocycles. The van der Waals surface area contributed by atoms with Crippen molar-refractivity contribution < 1.29 is 24.0 Å². The van der Waals surface area contributed by atoms with Gasteiger partial charge < -0.3 is 24.7 Å². The fourth-order valence-corrected chi connectivity index (χ4v) is 5.49. The molecule has 1 unspecified atom stereocenters. The van der Waals surface area contributed by atoms with E-state index in [4.69, 9.17) is 4.52 Å². The number of rotatable bonds is 9. The molecule has 2 N–H and O–H groups in total. The van der Waals surface area contributed by atoms with Crippen LogP contribution in [0.25, 0.3) is 0 Å². The van der Waals surface area contributed by atoms with Crippen molar-refractivity contribution in [2.24, 2.45) is 0 Å². The summed E-state index contributed by atoms with van der Waals surface area (Å²) in [5.74, 6) is -1.38. The van der Waals surface area contributed by atoms with Crippen LogP contribution >= 0.6 is 11.8 Å². The van der Waals surface area contributed by atoms with Crippen LogP contribution in [0.5, 0.6) is 0 Å². The maximum atomic E-state index is 13.7. The van der Waals surface area contributed by atoms with E-state index in [1.165, 1.54) is 35.1 Å². The lowest BCUT2D eigenvalue weighted by atomic mass is 9.99. The number of nitrogens with one attached hydrogen (secondary N) is 1. The number of hydrogen-bond acceptors (Lipinski definition) is 7. The van der Waals surface area contributed by atoms with Crippen molar-refractivity contribution in [1.29, 1.82) is 0 Å². The zero-order valence-corrected chi connectivity index (χ0v) is 22.7. The Morgan fingerprint density at radius 1 is 1.21 bits per heavy atom. The van der Waals surface area contributed by atoms with Crippen LogP contribution in [0, 0.1) is 6.92 Å². The third kappa shape index (κ3) is 6.58. The molecule has 10 heteroatoms. The summed E-state index contributed by atoms with van der Waals surface area (Å²) < 4.78 is 4.76. The standard InChI is InChI=1S/C29H32N4O5S/c1-4-25-28(36)32(17-22-13-9-8-10-19(22)2)20(3)39-18-33(25)29(37)26(34)24(16-21-11-6-5-7-12-21)30-27(35)23-14-15-38-31-23/h4-15,20,24-26,34H,1,16-18H2,2-3H3,(H,30,35)/t20?,24-,25-,26-/m0/s1. The molecular weight excluding hydrogens is 516 g/mol. The second kappa shape index (κ2) is 12.8. The second-order valence-electron chi connectivity index (χ2n) is 9.38. The van der Waals surface area contributed by atoms with Gasteiger partial charge in [0.2, 0.25) is 0 Å². The first-order valence-electron chi connectivity index (χ1n) is 12.6. The molecule has 2 aromatic carbocycles. The highest BCUT2D eigenvalue weighted by molar-refractivity contribution is 7.99. The number of aryl methyl sites for hydroxylation is 1. The lowest BCUT2D eigenvalue weighted by molar-refractivity contribution is -0.148. The molecule has 4 rings (SSSR count). The average molecular weight is 549 g/mol. The molecule has 204 valence electrons. The summed E-state index contributed by atoms with van der Waals surface area (Å²) in [5, 5.41) is 17.5. The zero-order valence-electron chi connectivity index (χ0n) is 21.9. The molecule has 3 aromatic rings. The monoisotopic (exact) mass is 548 g/mol. The highest BCUT2D eigenvalue weighted by Crippen LogP contribution is 2.28. The van der Waals surface area contributed by atoms with E-state index in [2.05, 4.69) is 17.1 Å². The predicted molar refractivity (Wildman–Crippen MR) is 148 cm³/mol. The summed E-state index contributed by atoms with van der Waals surface area (Å²) in [6.45, 7) is 8.13. The quantitative estimate of drug-likeness (QED) is 0.395. The number of amides is 3. The molecule has 0 bridgehead atoms. The average Bonchev–Trinajstić information content (AvgIpc) is 3.46. The Morgan fingerprint density at radius 3 is 2.59 bits per heavy atom. The molecule has 0 saturated carbocycles. The van der Waals surface area contributed by atoms with Gasteiger partial charge in [-0.2, -0.15) is 0 Å². The first-order chi connectivity index (χ1) is 18.8. The van der Waals surface area contributed by atoms with Gasteiger partial charge in [-0.3, -0.25) is 14.4 Å². The molecule has 4 atom stereocenters. The van der Waals surface area contributed by atoms with E-state index in [9.17, 15) is 19.5 Å². The maximum absolute atomic E-state index is 13.7. The van der Waals surface area contributed by atoms with E-state index < -0.39 is 30.0 Å². The topological polar surface area (TPSA) is 116 Å². The Balaban J connectivity index is 1.57. The molecule has 1 aromatic heterocycles. The summed E-state index contributed by atoms with van der Waals surface area (Å²) in [5.41, 5.74) is 2.92. The second-order valence-corrected chi connectivity index (χ2v) is 10.6. The van der Waals surface area contributed by atoms with Crippen LogP contribution in [0.1, 0.15) is 34.1 Å². The van der Waals surface area contributed by atoms with Gasteiger partial charge in [0.05, 0.1) is 17.3 Å². The molecule has 1 saturated heterocycles. The minimum atomic E-state index is -1.63. The molecule has 0 radical (unpaired) electrons. The van der Waals surface area contributed by atoms with Crippen molar-refractivity contribution in [3.63, 3.8) is 0 Å². The van der Waals surface area contributed by atoms with Crippen molar-refractivity contribution in [1.82, 2.24) is 20.3 Å². The van der Waals surface area contributed by atoms with E-state index in [0.29, 0.717) is 6.54 Å². The van der Waals surface area contributed by atoms with Crippen LogP contribution < -0.4 is 5.32 Å². The number of benzene rings is 2. The molecular formula is C29H32N4O5S. The summed E-state index contributed by atoms with van der Waals surface area (Å²) in [6.07, 6.45) is 1.24. The molecule has 0 spiro atoms. The fraction of sp³-hybridized carbons (Fsp3) is 0.310. The molecule has 9 nitrogen and oxygen atoms in total. The molecule has 39 heavy (non-hydrogen) atoms. The lowest BCUT2D eigenvalue weighted by Gasteiger charge is -2.32. The van der Waals surface area contributed by atoms with Gasteiger partial charge in [-0.15, -0.1) is 18.3 Å². The number of hydrogen-bond donors (Lipinski definition) is 2. The lowest BCUT2D eigenvalue weighted by Crippen LogP contribution is -2.56. The number of aliphatic hydroxyl groups is 1. The van der Waals surface area contributed by atoms with Crippen LogP contribution in [0.3, 0.4) is 0 Å². The number of aromatic nitrogens is 1. The third-order valence-electron chi connectivity index (χ3n) is 6.79. The number of aliphatic hydroxyl groups excluding tert-OH is 1. The van der Waals surface area contributed by atoms with Gasteiger partial charge in [-0.05, 0) is 37.0 Å². The Labute approximate surface area is 231 Å². The van der Waals surface area contributed by atoms with Crippen molar-refractivity contribution >= 4 is 29.5 Å². The largest absolute Gasteiger partial charge is 0.381 e. The Morgan fingerprint density at radius 2 is 1.92 bits per heavy atom. The molecule has 2 heterocycles. The minimum Gasteiger partial charge on any atom is -0.381 e. The highest BCUT2D eigenvalue weighted by atomic mass is 32.2. The van der Waals surface area contributed by atoms with E-state index in [1.807, 2.05) is 68.4 Å². The van der Waals surface area contributed by atoms with Crippen LogP contribution in [-0.2, 0) is 22.6 Å². The van der Waals surface area contributed by atoms with Crippen LogP contribution in [0.4, 0.5) is 0 Å². The number of carbonyl (C=O) groups is 3. The number of thioether (sulfide) groups is 1. The predicted octanol–water partition coefficient (Wildman–Crippen LogP) is 3.15. The molecule has 1 aliphatic heterocycles. The molecule has 1 fully saturated rings. The van der Waals surface area contributed by atoms with Crippen molar-refractivity contribution in [3.8, 4) is 0 Å². The smallest absolute Gasteiger partial charge is 0.273 e. The van der Waals surface area contributed by atoms with Crippen LogP contribution in [-0.4, -0.2) is 67.2 Å². The van der Waals surface area contributed by atoms with E-state index in [-0.39, 0.29) is 29.3 Å². The zero-order chi connectivity index (χ0) is 27.9. The molecule has 3 amide bonds. The van der Waals surface area contributed by atoms with E-state index in [1.54, 1.807) is 4.90 Å². The summed E-state index contributed by atoms with van der Waals surface area (Å²) in [6, 6.07) is 16.5. The van der Waals surface area contributed by atoms with Crippen molar-refractivity contribution in [2.75, 3.05) is 5.88 Å². The Hall–Kier alpha value is -3.89. The van der Waals surface area contributed by atoms with Gasteiger partial charge in [0.25, 0.3) is 17.7 Å². The highest BCUT2D eigenvalue weighted by Gasteiger charge is 2.41. The van der Waals surface area contributed by atoms with Crippen LogP contribution in [0.2, 0.25) is 0 Å². The van der Waals surface area contributed by atoms with E-state index >= 15 is 0 Å². The van der Waals surface area contributed by atoms with Crippen molar-refractivity contribution in [3.05, 3.63) is 102 Å². The summed E-state index contributed by atoms with van der Waals surface area (Å²) in [4.78, 5) is 43.3. The summed E-state index contributed by atoms with van der Waals surface area (Å²) in [7, 11) is 0. The van der Waals surface area contributed by atoms with Gasteiger partial charge in [0.1, 0.15) is 12.3 Å². The first-order valence-corrected chi connectivity index (χ1v) is 13.7. The SMILES string of the molecule is C=C[C@H]1C(=O)N(Cc2ccccc2C)C(C)SCN1C(=O)[C@@H](O)[C@H](Cc1ccccc1)NC(=O)c1ccon1. The van der Waals surface area contributed by atoms with Gasteiger partial charge in [0, 0.05) is 12.6 Å².